The number of benzene rings is 2. The maximum Gasteiger partial charge on any atom is 0.120 e. The molecule has 0 atom stereocenters. The molecule has 20 heavy (non-hydrogen) atoms. The van der Waals surface area contributed by atoms with E-state index in [4.69, 9.17) is 4.74 Å². The molecular formula is C16H15NO2S. The zero-order valence-corrected chi connectivity index (χ0v) is 12.0. The number of aromatic hydroxyl groups is 1. The van der Waals surface area contributed by atoms with E-state index in [1.165, 1.54) is 21.6 Å². The Bertz CT molecular complexity index is 695. The van der Waals surface area contributed by atoms with E-state index < -0.39 is 0 Å². The molecule has 0 bridgehead atoms. The Morgan fingerprint density at radius 1 is 1.15 bits per heavy atom. The van der Waals surface area contributed by atoms with Crippen LogP contribution in [0.25, 0.3) is 11.1 Å². The van der Waals surface area contributed by atoms with Crippen molar-refractivity contribution in [3.63, 3.8) is 0 Å². The molecule has 4 heteroatoms. The quantitative estimate of drug-likeness (QED) is 0.845. The van der Waals surface area contributed by atoms with Crippen molar-refractivity contribution in [2.75, 3.05) is 20.2 Å². The number of ether oxygens (including phenoxy) is 1. The number of phenolic OH excluding ortho intramolecular Hbond substituents is 1. The number of hydrogen-bond donors (Lipinski definition) is 2. The van der Waals surface area contributed by atoms with Crippen LogP contribution >= 0.6 is 11.8 Å². The Labute approximate surface area is 122 Å². The summed E-state index contributed by atoms with van der Waals surface area (Å²) in [7, 11) is 1.70. The Morgan fingerprint density at radius 3 is 2.65 bits per heavy atom. The minimum Gasteiger partial charge on any atom is -0.508 e. The molecule has 0 saturated carbocycles. The second-order valence-electron chi connectivity index (χ2n) is 5.29. The second kappa shape index (κ2) is 4.17. The lowest BCUT2D eigenvalue weighted by atomic mass is 9.85. The summed E-state index contributed by atoms with van der Waals surface area (Å²) < 4.78 is 5.39. The van der Waals surface area contributed by atoms with Crippen LogP contribution in [0.15, 0.2) is 41.3 Å². The molecule has 2 heterocycles. The van der Waals surface area contributed by atoms with Gasteiger partial charge >= 0.3 is 0 Å². The molecule has 0 unspecified atom stereocenters. The number of fused-ring (bicyclic) bond motifs is 4. The number of nitrogens with one attached hydrogen (secondary N) is 1. The van der Waals surface area contributed by atoms with Gasteiger partial charge in [-0.05, 0) is 47.0 Å². The average Bonchev–Trinajstić information content (AvgIpc) is 2.43. The number of phenols is 1. The van der Waals surface area contributed by atoms with Gasteiger partial charge in [0.2, 0.25) is 0 Å². The third kappa shape index (κ3) is 1.58. The fraction of sp³-hybridized carbons (Fsp3) is 0.250. The summed E-state index contributed by atoms with van der Waals surface area (Å²) in [6.07, 6.45) is 0. The molecule has 1 fully saturated rings. The van der Waals surface area contributed by atoms with E-state index in [9.17, 15) is 5.11 Å². The third-order valence-corrected chi connectivity index (χ3v) is 5.56. The molecule has 0 aromatic heterocycles. The lowest BCUT2D eigenvalue weighted by Gasteiger charge is -2.46. The second-order valence-corrected chi connectivity index (χ2v) is 6.72. The highest BCUT2D eigenvalue weighted by molar-refractivity contribution is 8.00. The van der Waals surface area contributed by atoms with Gasteiger partial charge in [-0.15, -0.1) is 11.8 Å². The van der Waals surface area contributed by atoms with Gasteiger partial charge in [-0.25, -0.2) is 0 Å². The Hall–Kier alpha value is -1.65. The zero-order valence-electron chi connectivity index (χ0n) is 11.1. The SMILES string of the molecule is COc1ccc2c(c1)SC1(CNC1)c1cc(O)ccc1-2. The maximum atomic E-state index is 9.82. The van der Waals surface area contributed by atoms with E-state index in [0.717, 1.165) is 18.8 Å². The first kappa shape index (κ1) is 12.1. The first-order valence-corrected chi connectivity index (χ1v) is 7.45. The van der Waals surface area contributed by atoms with E-state index in [2.05, 4.69) is 17.4 Å². The monoisotopic (exact) mass is 285 g/mol. The third-order valence-electron chi connectivity index (χ3n) is 4.10. The highest BCUT2D eigenvalue weighted by Gasteiger charge is 2.44. The van der Waals surface area contributed by atoms with Gasteiger partial charge in [-0.2, -0.15) is 0 Å². The molecule has 3 nitrogen and oxygen atoms in total. The Kier molecular flexibility index (Phi) is 2.53. The van der Waals surface area contributed by atoms with Gasteiger partial charge in [0.15, 0.2) is 0 Å². The molecule has 1 spiro atoms. The van der Waals surface area contributed by atoms with Gasteiger partial charge in [-0.3, -0.25) is 0 Å². The van der Waals surface area contributed by atoms with Crippen LogP contribution in [-0.4, -0.2) is 25.3 Å². The van der Waals surface area contributed by atoms with Crippen molar-refractivity contribution in [1.82, 2.24) is 5.32 Å². The molecule has 0 radical (unpaired) electrons. The molecule has 2 aromatic carbocycles. The van der Waals surface area contributed by atoms with E-state index in [1.54, 1.807) is 13.2 Å². The molecule has 4 rings (SSSR count). The van der Waals surface area contributed by atoms with Crippen LogP contribution in [0.2, 0.25) is 0 Å². The molecule has 102 valence electrons. The number of methoxy groups -OCH3 is 1. The van der Waals surface area contributed by atoms with Crippen LogP contribution < -0.4 is 10.1 Å². The molecular weight excluding hydrogens is 270 g/mol. The van der Waals surface area contributed by atoms with Crippen LogP contribution in [0, 0.1) is 0 Å². The van der Waals surface area contributed by atoms with Crippen molar-refractivity contribution in [3.8, 4) is 22.6 Å². The summed E-state index contributed by atoms with van der Waals surface area (Å²) in [5, 5.41) is 13.2. The van der Waals surface area contributed by atoms with Gasteiger partial charge in [0.25, 0.3) is 0 Å². The number of rotatable bonds is 1. The normalized spacial score (nSPS) is 18.1. The fourth-order valence-corrected chi connectivity index (χ4v) is 4.47. The first-order chi connectivity index (χ1) is 9.72. The van der Waals surface area contributed by atoms with Crippen molar-refractivity contribution >= 4 is 11.8 Å². The van der Waals surface area contributed by atoms with Gasteiger partial charge < -0.3 is 15.2 Å². The predicted molar refractivity (Wildman–Crippen MR) is 80.5 cm³/mol. The van der Waals surface area contributed by atoms with Crippen LogP contribution in [0.1, 0.15) is 5.56 Å². The van der Waals surface area contributed by atoms with Crippen molar-refractivity contribution < 1.29 is 9.84 Å². The van der Waals surface area contributed by atoms with E-state index in [-0.39, 0.29) is 4.75 Å². The molecule has 2 aliphatic rings. The molecule has 2 aliphatic heterocycles. The minimum absolute atomic E-state index is 0.0490. The van der Waals surface area contributed by atoms with Gasteiger partial charge in [0.1, 0.15) is 11.5 Å². The summed E-state index contributed by atoms with van der Waals surface area (Å²) in [5.74, 6) is 1.23. The Morgan fingerprint density at radius 2 is 1.95 bits per heavy atom. The molecule has 0 amide bonds. The van der Waals surface area contributed by atoms with Crippen molar-refractivity contribution in [2.45, 2.75) is 9.64 Å². The van der Waals surface area contributed by atoms with Crippen LogP contribution in [0.5, 0.6) is 11.5 Å². The largest absolute Gasteiger partial charge is 0.508 e. The standard InChI is InChI=1S/C16H15NO2S/c1-19-11-3-5-13-12-4-2-10(18)6-14(12)16(8-17-9-16)20-15(13)7-11/h2-7,17-18H,8-9H2,1H3. The summed E-state index contributed by atoms with van der Waals surface area (Å²) in [5.41, 5.74) is 3.68. The van der Waals surface area contributed by atoms with E-state index in [1.807, 2.05) is 30.0 Å². The summed E-state index contributed by atoms with van der Waals surface area (Å²) >= 11 is 1.87. The minimum atomic E-state index is 0.0490. The number of hydrogen-bond acceptors (Lipinski definition) is 4. The molecule has 1 saturated heterocycles. The lowest BCUT2D eigenvalue weighted by Crippen LogP contribution is -2.55. The fourth-order valence-electron chi connectivity index (χ4n) is 2.96. The average molecular weight is 285 g/mol. The van der Waals surface area contributed by atoms with Crippen LogP contribution in [0.3, 0.4) is 0 Å². The molecule has 2 N–H and O–H groups in total. The highest BCUT2D eigenvalue weighted by atomic mass is 32.2. The topological polar surface area (TPSA) is 41.5 Å². The molecule has 2 aromatic rings. The van der Waals surface area contributed by atoms with Crippen molar-refractivity contribution in [1.29, 1.82) is 0 Å². The number of thioether (sulfide) groups is 1. The predicted octanol–water partition coefficient (Wildman–Crippen LogP) is 2.97. The van der Waals surface area contributed by atoms with E-state index >= 15 is 0 Å². The summed E-state index contributed by atoms with van der Waals surface area (Å²) in [4.78, 5) is 1.25. The molecule has 0 aliphatic carbocycles. The van der Waals surface area contributed by atoms with Gasteiger partial charge in [0, 0.05) is 18.0 Å². The zero-order chi connectivity index (χ0) is 13.7. The Balaban J connectivity index is 1.95. The lowest BCUT2D eigenvalue weighted by molar-refractivity contribution is 0.399. The summed E-state index contributed by atoms with van der Waals surface area (Å²) in [6.45, 7) is 1.87. The van der Waals surface area contributed by atoms with E-state index in [0.29, 0.717) is 5.75 Å². The maximum absolute atomic E-state index is 9.82. The smallest absolute Gasteiger partial charge is 0.120 e. The van der Waals surface area contributed by atoms with Gasteiger partial charge in [-0.1, -0.05) is 6.07 Å². The first-order valence-electron chi connectivity index (χ1n) is 6.63. The van der Waals surface area contributed by atoms with Crippen LogP contribution in [-0.2, 0) is 4.75 Å². The highest BCUT2D eigenvalue weighted by Crippen LogP contribution is 2.55. The summed E-state index contributed by atoms with van der Waals surface area (Å²) in [6, 6.07) is 11.9. The van der Waals surface area contributed by atoms with Crippen molar-refractivity contribution in [2.24, 2.45) is 0 Å². The van der Waals surface area contributed by atoms with Gasteiger partial charge in [0.05, 0.1) is 11.9 Å². The van der Waals surface area contributed by atoms with Crippen LogP contribution in [0.4, 0.5) is 0 Å². The van der Waals surface area contributed by atoms with Crippen molar-refractivity contribution in [3.05, 3.63) is 42.0 Å².